The predicted octanol–water partition coefficient (Wildman–Crippen LogP) is 5.17. The van der Waals surface area contributed by atoms with Gasteiger partial charge in [0.1, 0.15) is 5.66 Å². The van der Waals surface area contributed by atoms with E-state index in [1.54, 1.807) is 0 Å². The fraction of sp³-hybridized carbons (Fsp3) is 0.429. The highest BCUT2D eigenvalue weighted by Crippen LogP contribution is 2.63. The van der Waals surface area contributed by atoms with Crippen LogP contribution in [-0.2, 0) is 13.6 Å². The first kappa shape index (κ1) is 21.5. The molecule has 0 aliphatic heterocycles. The summed E-state index contributed by atoms with van der Waals surface area (Å²) in [6.07, 6.45) is 0. The lowest BCUT2D eigenvalue weighted by molar-refractivity contribution is 0.215. The van der Waals surface area contributed by atoms with Crippen LogP contribution in [0.4, 0.5) is 11.4 Å². The van der Waals surface area contributed by atoms with E-state index in [0.717, 1.165) is 22.5 Å². The minimum absolute atomic E-state index is 0.333. The molecule has 0 bridgehead atoms. The Morgan fingerprint density at radius 2 is 1.07 bits per heavy atom. The molecule has 0 unspecified atom stereocenters. The number of hydrogen-bond donors (Lipinski definition) is 0. The van der Waals surface area contributed by atoms with Crippen molar-refractivity contribution in [3.63, 3.8) is 0 Å². The summed E-state index contributed by atoms with van der Waals surface area (Å²) in [6, 6.07) is 16.1. The summed E-state index contributed by atoms with van der Waals surface area (Å²) >= 11 is 0. The van der Waals surface area contributed by atoms with Crippen LogP contribution in [-0.4, -0.2) is 41.4 Å². The van der Waals surface area contributed by atoms with E-state index in [0.29, 0.717) is 13.2 Å². The third-order valence-electron chi connectivity index (χ3n) is 4.38. The van der Waals surface area contributed by atoms with E-state index in [9.17, 15) is 4.57 Å². The number of anilines is 2. The molecule has 0 fully saturated rings. The zero-order chi connectivity index (χ0) is 20.0. The Hall–Kier alpha value is -1.81. The molecule has 2 aromatic rings. The molecular weight excluding hydrogens is 359 g/mol. The van der Waals surface area contributed by atoms with Gasteiger partial charge in [0, 0.05) is 39.6 Å². The quantitative estimate of drug-likeness (QED) is 0.552. The van der Waals surface area contributed by atoms with Crippen molar-refractivity contribution in [1.82, 2.24) is 0 Å². The molecule has 0 radical (unpaired) electrons. The van der Waals surface area contributed by atoms with Crippen molar-refractivity contribution in [2.75, 3.05) is 51.2 Å². The van der Waals surface area contributed by atoms with Gasteiger partial charge in [-0.05, 0) is 49.2 Å². The van der Waals surface area contributed by atoms with Gasteiger partial charge < -0.3 is 18.8 Å². The molecule has 0 aliphatic rings. The minimum atomic E-state index is -3.38. The van der Waals surface area contributed by atoms with Crippen LogP contribution in [0.1, 0.15) is 30.6 Å². The lowest BCUT2D eigenvalue weighted by atomic mass is 10.0. The van der Waals surface area contributed by atoms with Gasteiger partial charge in [0.05, 0.1) is 13.2 Å². The first-order valence-electron chi connectivity index (χ1n) is 9.25. The van der Waals surface area contributed by atoms with E-state index in [1.807, 2.05) is 100 Å². The maximum Gasteiger partial charge on any atom is 0.342 e. The smallest absolute Gasteiger partial charge is 0.342 e. The van der Waals surface area contributed by atoms with Crippen LogP contribution in [0, 0.1) is 0 Å². The molecule has 6 heteroatoms. The lowest BCUT2D eigenvalue weighted by Gasteiger charge is -2.28. The van der Waals surface area contributed by atoms with E-state index >= 15 is 0 Å². The standard InChI is InChI=1S/C21H31N2O3P/c1-7-25-27(24,26-8-2)21(17-9-13-19(14-10-17)22(3)4)18-11-15-20(16-12-18)23(5)6/h9-16,21H,7-8H2,1-6H3. The number of benzene rings is 2. The van der Waals surface area contributed by atoms with Crippen LogP contribution >= 0.6 is 7.60 Å². The average molecular weight is 390 g/mol. The molecule has 0 spiro atoms. The molecule has 2 rings (SSSR count). The lowest BCUT2D eigenvalue weighted by Crippen LogP contribution is -2.11. The highest BCUT2D eigenvalue weighted by molar-refractivity contribution is 7.54. The van der Waals surface area contributed by atoms with Crippen molar-refractivity contribution in [1.29, 1.82) is 0 Å². The highest BCUT2D eigenvalue weighted by Gasteiger charge is 2.38. The van der Waals surface area contributed by atoms with Crippen LogP contribution in [0.25, 0.3) is 0 Å². The second-order valence-corrected chi connectivity index (χ2v) is 8.86. The average Bonchev–Trinajstić information content (AvgIpc) is 2.63. The molecule has 0 amide bonds. The molecule has 27 heavy (non-hydrogen) atoms. The van der Waals surface area contributed by atoms with Crippen molar-refractivity contribution in [2.45, 2.75) is 19.5 Å². The Labute approximate surface area is 163 Å². The van der Waals surface area contributed by atoms with E-state index in [1.165, 1.54) is 0 Å². The van der Waals surface area contributed by atoms with Crippen LogP contribution in [0.2, 0.25) is 0 Å². The zero-order valence-electron chi connectivity index (χ0n) is 17.2. The van der Waals surface area contributed by atoms with Gasteiger partial charge in [0.2, 0.25) is 0 Å². The normalized spacial score (nSPS) is 11.7. The molecule has 148 valence electrons. The van der Waals surface area contributed by atoms with Gasteiger partial charge >= 0.3 is 7.60 Å². The summed E-state index contributed by atoms with van der Waals surface area (Å²) in [5.41, 5.74) is 3.54. The molecule has 0 saturated heterocycles. The van der Waals surface area contributed by atoms with Crippen LogP contribution < -0.4 is 9.80 Å². The van der Waals surface area contributed by atoms with Crippen molar-refractivity contribution in [2.24, 2.45) is 0 Å². The summed E-state index contributed by atoms with van der Waals surface area (Å²) in [5.74, 6) is 0. The van der Waals surface area contributed by atoms with Gasteiger partial charge in [-0.2, -0.15) is 0 Å². The third kappa shape index (κ3) is 5.13. The summed E-state index contributed by atoms with van der Waals surface area (Å²) in [6.45, 7) is 4.35. The van der Waals surface area contributed by atoms with Gasteiger partial charge in [-0.3, -0.25) is 4.57 Å². The second-order valence-electron chi connectivity index (χ2n) is 6.75. The molecule has 5 nitrogen and oxygen atoms in total. The van der Waals surface area contributed by atoms with E-state index < -0.39 is 13.3 Å². The van der Waals surface area contributed by atoms with Gasteiger partial charge in [-0.15, -0.1) is 0 Å². The first-order chi connectivity index (χ1) is 12.8. The molecular formula is C21H31N2O3P. The largest absolute Gasteiger partial charge is 0.378 e. The zero-order valence-corrected chi connectivity index (χ0v) is 18.1. The fourth-order valence-electron chi connectivity index (χ4n) is 3.01. The molecule has 0 N–H and O–H groups in total. The fourth-order valence-corrected chi connectivity index (χ4v) is 5.18. The summed E-state index contributed by atoms with van der Waals surface area (Å²) < 4.78 is 25.1. The van der Waals surface area contributed by atoms with Gasteiger partial charge in [0.15, 0.2) is 0 Å². The summed E-state index contributed by atoms with van der Waals surface area (Å²) in [7, 11) is 4.61. The maximum atomic E-state index is 13.7. The number of hydrogen-bond acceptors (Lipinski definition) is 5. The van der Waals surface area contributed by atoms with E-state index in [2.05, 4.69) is 0 Å². The van der Waals surface area contributed by atoms with Crippen molar-refractivity contribution >= 4 is 19.0 Å². The van der Waals surface area contributed by atoms with Gasteiger partial charge in [0.25, 0.3) is 0 Å². The molecule has 0 aliphatic carbocycles. The molecule has 0 heterocycles. The van der Waals surface area contributed by atoms with Crippen molar-refractivity contribution < 1.29 is 13.6 Å². The monoisotopic (exact) mass is 390 g/mol. The van der Waals surface area contributed by atoms with Gasteiger partial charge in [-0.25, -0.2) is 0 Å². The molecule has 2 aromatic carbocycles. The maximum absolute atomic E-state index is 13.7. The molecule has 0 aromatic heterocycles. The Balaban J connectivity index is 2.55. The SMILES string of the molecule is CCOP(=O)(OCC)C(c1ccc(N(C)C)cc1)c1ccc(N(C)C)cc1. The number of nitrogens with zero attached hydrogens (tertiary/aromatic N) is 2. The van der Waals surface area contributed by atoms with Crippen LogP contribution in [0.15, 0.2) is 48.5 Å². The second kappa shape index (κ2) is 9.41. The highest BCUT2D eigenvalue weighted by atomic mass is 31.2. The minimum Gasteiger partial charge on any atom is -0.378 e. The molecule has 0 atom stereocenters. The van der Waals surface area contributed by atoms with E-state index in [-0.39, 0.29) is 0 Å². The Kier molecular flexibility index (Phi) is 7.49. The topological polar surface area (TPSA) is 42.0 Å². The molecule has 0 saturated carbocycles. The van der Waals surface area contributed by atoms with Gasteiger partial charge in [-0.1, -0.05) is 24.3 Å². The van der Waals surface area contributed by atoms with Crippen molar-refractivity contribution in [3.8, 4) is 0 Å². The summed E-state index contributed by atoms with van der Waals surface area (Å²) in [5, 5.41) is 0. The van der Waals surface area contributed by atoms with E-state index in [4.69, 9.17) is 9.05 Å². The Morgan fingerprint density at radius 1 is 0.741 bits per heavy atom. The first-order valence-corrected chi connectivity index (χ1v) is 10.9. The summed E-state index contributed by atoms with van der Waals surface area (Å²) in [4.78, 5) is 4.07. The Morgan fingerprint density at radius 3 is 1.33 bits per heavy atom. The predicted molar refractivity (Wildman–Crippen MR) is 114 cm³/mol. The van der Waals surface area contributed by atoms with Crippen molar-refractivity contribution in [3.05, 3.63) is 59.7 Å². The number of rotatable bonds is 9. The Bertz CT molecular complexity index is 697. The third-order valence-corrected chi connectivity index (χ3v) is 6.85. The van der Waals surface area contributed by atoms with Crippen LogP contribution in [0.3, 0.4) is 0 Å². The van der Waals surface area contributed by atoms with Crippen LogP contribution in [0.5, 0.6) is 0 Å².